The third-order valence-corrected chi connectivity index (χ3v) is 4.74. The minimum absolute atomic E-state index is 0.272. The van der Waals surface area contributed by atoms with Crippen LogP contribution in [0.3, 0.4) is 0 Å². The fourth-order valence-electron chi connectivity index (χ4n) is 3.08. The number of carbonyl (C=O) groups is 2. The van der Waals surface area contributed by atoms with Gasteiger partial charge in [0.25, 0.3) is 0 Å². The van der Waals surface area contributed by atoms with Crippen LogP contribution >= 0.6 is 0 Å². The summed E-state index contributed by atoms with van der Waals surface area (Å²) in [6.07, 6.45) is 3.90. The fourth-order valence-corrected chi connectivity index (χ4v) is 3.08. The van der Waals surface area contributed by atoms with E-state index in [9.17, 15) is 14.0 Å². The SMILES string of the molecule is C[C@H](NC(=O)N1CCN(c2ncccn2)CC1)C(=O)NCCc1cccc(F)c1. The predicted molar refractivity (Wildman–Crippen MR) is 107 cm³/mol. The van der Waals surface area contributed by atoms with Crippen molar-refractivity contribution in [2.24, 2.45) is 0 Å². The molecule has 1 aliphatic rings. The zero-order valence-corrected chi connectivity index (χ0v) is 16.3. The van der Waals surface area contributed by atoms with Crippen LogP contribution < -0.4 is 15.5 Å². The lowest BCUT2D eigenvalue weighted by Crippen LogP contribution is -2.55. The summed E-state index contributed by atoms with van der Waals surface area (Å²) in [6, 6.07) is 7.10. The van der Waals surface area contributed by atoms with E-state index in [-0.39, 0.29) is 17.8 Å². The van der Waals surface area contributed by atoms with Gasteiger partial charge in [0, 0.05) is 45.1 Å². The lowest BCUT2D eigenvalue weighted by atomic mass is 10.1. The van der Waals surface area contributed by atoms with Crippen molar-refractivity contribution in [3.8, 4) is 0 Å². The van der Waals surface area contributed by atoms with E-state index in [0.717, 1.165) is 5.56 Å². The monoisotopic (exact) mass is 400 g/mol. The normalized spacial score (nSPS) is 15.0. The Labute approximate surface area is 169 Å². The molecular formula is C20H25FN6O2. The summed E-state index contributed by atoms with van der Waals surface area (Å²) in [4.78, 5) is 36.8. The van der Waals surface area contributed by atoms with Crippen LogP contribution in [0.25, 0.3) is 0 Å². The number of carbonyl (C=O) groups excluding carboxylic acids is 2. The maximum Gasteiger partial charge on any atom is 0.318 e. The molecule has 0 radical (unpaired) electrons. The van der Waals surface area contributed by atoms with Crippen molar-refractivity contribution < 1.29 is 14.0 Å². The highest BCUT2D eigenvalue weighted by Gasteiger charge is 2.24. The molecule has 3 amide bonds. The molecule has 1 atom stereocenters. The van der Waals surface area contributed by atoms with Crippen LogP contribution in [0.2, 0.25) is 0 Å². The molecular weight excluding hydrogens is 375 g/mol. The topological polar surface area (TPSA) is 90.5 Å². The van der Waals surface area contributed by atoms with Crippen LogP contribution in [0.5, 0.6) is 0 Å². The highest BCUT2D eigenvalue weighted by atomic mass is 19.1. The number of hydrogen-bond donors (Lipinski definition) is 2. The highest BCUT2D eigenvalue weighted by molar-refractivity contribution is 5.86. The molecule has 1 saturated heterocycles. The molecule has 2 aromatic rings. The number of anilines is 1. The molecule has 0 unspecified atom stereocenters. The molecule has 1 aliphatic heterocycles. The van der Waals surface area contributed by atoms with Crippen molar-refractivity contribution in [3.05, 3.63) is 54.1 Å². The number of urea groups is 1. The van der Waals surface area contributed by atoms with Crippen LogP contribution in [0.15, 0.2) is 42.7 Å². The lowest BCUT2D eigenvalue weighted by molar-refractivity contribution is -0.122. The molecule has 1 aromatic carbocycles. The summed E-state index contributed by atoms with van der Waals surface area (Å²) in [5.41, 5.74) is 0.808. The Hall–Kier alpha value is -3.23. The van der Waals surface area contributed by atoms with E-state index in [0.29, 0.717) is 45.1 Å². The van der Waals surface area contributed by atoms with E-state index in [1.807, 2.05) is 4.90 Å². The van der Waals surface area contributed by atoms with Gasteiger partial charge in [-0.05, 0) is 37.1 Å². The Kier molecular flexibility index (Phi) is 6.94. The number of benzene rings is 1. The molecule has 2 N–H and O–H groups in total. The van der Waals surface area contributed by atoms with Gasteiger partial charge in [-0.2, -0.15) is 0 Å². The summed E-state index contributed by atoms with van der Waals surface area (Å²) in [5.74, 6) is 0.0815. The average molecular weight is 400 g/mol. The molecule has 9 heteroatoms. The van der Waals surface area contributed by atoms with E-state index in [1.165, 1.54) is 12.1 Å². The second-order valence-electron chi connectivity index (χ2n) is 6.87. The van der Waals surface area contributed by atoms with E-state index < -0.39 is 6.04 Å². The van der Waals surface area contributed by atoms with Crippen molar-refractivity contribution in [1.29, 1.82) is 0 Å². The zero-order chi connectivity index (χ0) is 20.6. The van der Waals surface area contributed by atoms with E-state index in [4.69, 9.17) is 0 Å². The molecule has 154 valence electrons. The largest absolute Gasteiger partial charge is 0.354 e. The smallest absolute Gasteiger partial charge is 0.318 e. The first-order chi connectivity index (χ1) is 14.0. The Morgan fingerprint density at radius 2 is 1.86 bits per heavy atom. The molecule has 1 aromatic heterocycles. The van der Waals surface area contributed by atoms with Crippen LogP contribution in [0, 0.1) is 5.82 Å². The van der Waals surface area contributed by atoms with Gasteiger partial charge >= 0.3 is 6.03 Å². The summed E-state index contributed by atoms with van der Waals surface area (Å²) in [7, 11) is 0. The molecule has 1 fully saturated rings. The quantitative estimate of drug-likeness (QED) is 0.760. The van der Waals surface area contributed by atoms with Gasteiger partial charge in [0.05, 0.1) is 0 Å². The van der Waals surface area contributed by atoms with Gasteiger partial charge in [-0.25, -0.2) is 19.2 Å². The summed E-state index contributed by atoms with van der Waals surface area (Å²) < 4.78 is 13.2. The van der Waals surface area contributed by atoms with Crippen molar-refractivity contribution >= 4 is 17.9 Å². The molecule has 2 heterocycles. The first-order valence-electron chi connectivity index (χ1n) is 9.62. The number of piperazine rings is 1. The first kappa shape index (κ1) is 20.5. The number of nitrogens with one attached hydrogen (secondary N) is 2. The number of halogens is 1. The maximum atomic E-state index is 13.2. The molecule has 0 bridgehead atoms. The predicted octanol–water partition coefficient (Wildman–Crippen LogP) is 1.19. The second kappa shape index (κ2) is 9.81. The van der Waals surface area contributed by atoms with Crippen LogP contribution in [-0.4, -0.2) is 65.6 Å². The van der Waals surface area contributed by atoms with Crippen molar-refractivity contribution in [1.82, 2.24) is 25.5 Å². The number of hydrogen-bond acceptors (Lipinski definition) is 5. The number of nitrogens with zero attached hydrogens (tertiary/aromatic N) is 4. The van der Waals surface area contributed by atoms with Crippen molar-refractivity contribution in [2.45, 2.75) is 19.4 Å². The molecule has 8 nitrogen and oxygen atoms in total. The Balaban J connectivity index is 1.39. The molecule has 0 saturated carbocycles. The van der Waals surface area contributed by atoms with Gasteiger partial charge in [-0.1, -0.05) is 12.1 Å². The minimum Gasteiger partial charge on any atom is -0.354 e. The van der Waals surface area contributed by atoms with Crippen molar-refractivity contribution in [2.75, 3.05) is 37.6 Å². The molecule has 0 spiro atoms. The summed E-state index contributed by atoms with van der Waals surface area (Å²) in [6.45, 7) is 4.33. The fraction of sp³-hybridized carbons (Fsp3) is 0.400. The lowest BCUT2D eigenvalue weighted by Gasteiger charge is -2.35. The number of aromatic nitrogens is 2. The van der Waals surface area contributed by atoms with Crippen LogP contribution in [0.4, 0.5) is 15.1 Å². The second-order valence-corrected chi connectivity index (χ2v) is 6.87. The minimum atomic E-state index is -0.662. The van der Waals surface area contributed by atoms with Gasteiger partial charge in [-0.3, -0.25) is 4.79 Å². The van der Waals surface area contributed by atoms with E-state index >= 15 is 0 Å². The van der Waals surface area contributed by atoms with Gasteiger partial charge in [0.15, 0.2) is 0 Å². The average Bonchev–Trinajstić information content (AvgIpc) is 2.74. The van der Waals surface area contributed by atoms with Crippen LogP contribution in [0.1, 0.15) is 12.5 Å². The Morgan fingerprint density at radius 3 is 2.55 bits per heavy atom. The van der Waals surface area contributed by atoms with Gasteiger partial charge < -0.3 is 20.4 Å². The van der Waals surface area contributed by atoms with Gasteiger partial charge in [-0.15, -0.1) is 0 Å². The van der Waals surface area contributed by atoms with E-state index in [1.54, 1.807) is 42.4 Å². The molecule has 3 rings (SSSR count). The Bertz CT molecular complexity index is 827. The van der Waals surface area contributed by atoms with Gasteiger partial charge in [0.1, 0.15) is 11.9 Å². The molecule has 0 aliphatic carbocycles. The summed E-state index contributed by atoms with van der Waals surface area (Å²) in [5, 5.41) is 5.49. The van der Waals surface area contributed by atoms with Crippen LogP contribution in [-0.2, 0) is 11.2 Å². The zero-order valence-electron chi connectivity index (χ0n) is 16.3. The number of rotatable bonds is 6. The third kappa shape index (κ3) is 5.87. The van der Waals surface area contributed by atoms with E-state index in [2.05, 4.69) is 20.6 Å². The molecule has 29 heavy (non-hydrogen) atoms. The first-order valence-corrected chi connectivity index (χ1v) is 9.62. The maximum absolute atomic E-state index is 13.2. The summed E-state index contributed by atoms with van der Waals surface area (Å²) >= 11 is 0. The Morgan fingerprint density at radius 1 is 1.14 bits per heavy atom. The standard InChI is InChI=1S/C20H25FN6O2/c1-15(18(28)22-9-6-16-4-2-5-17(21)14-16)25-20(29)27-12-10-26(11-13-27)19-23-7-3-8-24-19/h2-5,7-8,14-15H,6,9-13H2,1H3,(H,22,28)(H,25,29)/t15-/m0/s1. The number of amides is 3. The van der Waals surface area contributed by atoms with Crippen molar-refractivity contribution in [3.63, 3.8) is 0 Å². The highest BCUT2D eigenvalue weighted by Crippen LogP contribution is 2.10. The third-order valence-electron chi connectivity index (χ3n) is 4.74. The van der Waals surface area contributed by atoms with Gasteiger partial charge in [0.2, 0.25) is 11.9 Å².